The lowest BCUT2D eigenvalue weighted by Crippen LogP contribution is -2.63. The standard InChI is InChI=1S/C17H24FN3O2/c1-2-19-17(23)20-9-12-21(13-10-20,11-3-4-14-22)16-7-5-15(18)6-8-16/h5-8,14H,2-4,9-13H2,1H3/p+1. The highest BCUT2D eigenvalue weighted by Crippen LogP contribution is 2.26. The van der Waals surface area contributed by atoms with E-state index in [9.17, 15) is 14.0 Å². The van der Waals surface area contributed by atoms with Crippen LogP contribution in [0.2, 0.25) is 0 Å². The van der Waals surface area contributed by atoms with Crippen molar-refractivity contribution in [2.24, 2.45) is 0 Å². The number of urea groups is 1. The maximum absolute atomic E-state index is 13.2. The first kappa shape index (κ1) is 17.4. The maximum atomic E-state index is 13.2. The van der Waals surface area contributed by atoms with Gasteiger partial charge in [0.05, 0.1) is 19.6 Å². The van der Waals surface area contributed by atoms with E-state index >= 15 is 0 Å². The van der Waals surface area contributed by atoms with E-state index in [1.54, 1.807) is 0 Å². The van der Waals surface area contributed by atoms with Gasteiger partial charge in [-0.15, -0.1) is 0 Å². The zero-order valence-corrected chi connectivity index (χ0v) is 13.6. The van der Waals surface area contributed by atoms with Crippen LogP contribution in [0.4, 0.5) is 14.9 Å². The summed E-state index contributed by atoms with van der Waals surface area (Å²) in [5, 5.41) is 2.83. The molecule has 1 aromatic carbocycles. The summed E-state index contributed by atoms with van der Waals surface area (Å²) in [6, 6.07) is 6.56. The molecule has 1 aliphatic rings. The van der Waals surface area contributed by atoms with Gasteiger partial charge in [0.2, 0.25) is 0 Å². The lowest BCUT2D eigenvalue weighted by Gasteiger charge is -2.44. The van der Waals surface area contributed by atoms with Gasteiger partial charge in [0.15, 0.2) is 0 Å². The lowest BCUT2D eigenvalue weighted by molar-refractivity contribution is -0.108. The third kappa shape index (κ3) is 4.28. The van der Waals surface area contributed by atoms with Crippen molar-refractivity contribution >= 4 is 18.0 Å². The molecule has 1 aliphatic heterocycles. The summed E-state index contributed by atoms with van der Waals surface area (Å²) in [4.78, 5) is 24.4. The molecule has 0 radical (unpaired) electrons. The molecule has 0 spiro atoms. The fourth-order valence-electron chi connectivity index (χ4n) is 3.16. The molecule has 1 heterocycles. The zero-order chi connectivity index (χ0) is 16.7. The minimum Gasteiger partial charge on any atom is -0.338 e. The SMILES string of the molecule is CCNC(=O)N1CC[N+](CCCC=O)(c2ccc(F)cc2)CC1. The van der Waals surface area contributed by atoms with Crippen molar-refractivity contribution in [3.63, 3.8) is 0 Å². The summed E-state index contributed by atoms with van der Waals surface area (Å²) in [5.74, 6) is -0.249. The Morgan fingerprint density at radius 3 is 2.52 bits per heavy atom. The van der Waals surface area contributed by atoms with Gasteiger partial charge in [-0.3, -0.25) is 4.48 Å². The van der Waals surface area contributed by atoms with Crippen molar-refractivity contribution in [3.8, 4) is 0 Å². The molecule has 5 nitrogen and oxygen atoms in total. The predicted molar refractivity (Wildman–Crippen MR) is 88.7 cm³/mol. The van der Waals surface area contributed by atoms with Crippen molar-refractivity contribution in [3.05, 3.63) is 30.1 Å². The first-order valence-corrected chi connectivity index (χ1v) is 8.20. The highest BCUT2D eigenvalue weighted by Gasteiger charge is 2.36. The van der Waals surface area contributed by atoms with E-state index in [2.05, 4.69) is 5.32 Å². The number of nitrogens with zero attached hydrogens (tertiary/aromatic N) is 2. The van der Waals surface area contributed by atoms with Crippen LogP contribution < -0.4 is 9.80 Å². The van der Waals surface area contributed by atoms with Crippen LogP contribution in [0.1, 0.15) is 19.8 Å². The number of carbonyl (C=O) groups excluding carboxylic acids is 2. The van der Waals surface area contributed by atoms with Gasteiger partial charge in [-0.05, 0) is 19.1 Å². The number of rotatable bonds is 6. The van der Waals surface area contributed by atoms with E-state index in [0.29, 0.717) is 30.5 Å². The Balaban J connectivity index is 2.12. The Bertz CT molecular complexity index is 525. The average Bonchev–Trinajstić information content (AvgIpc) is 2.56. The van der Waals surface area contributed by atoms with Gasteiger partial charge in [0, 0.05) is 31.5 Å². The summed E-state index contributed by atoms with van der Waals surface area (Å²) < 4.78 is 13.9. The molecule has 2 amide bonds. The quantitative estimate of drug-likeness (QED) is 0.496. The van der Waals surface area contributed by atoms with E-state index in [0.717, 1.165) is 38.0 Å². The summed E-state index contributed by atoms with van der Waals surface area (Å²) in [5.41, 5.74) is 1.05. The molecule has 23 heavy (non-hydrogen) atoms. The summed E-state index contributed by atoms with van der Waals surface area (Å²) in [6.07, 6.45) is 2.26. The highest BCUT2D eigenvalue weighted by molar-refractivity contribution is 5.74. The molecule has 0 aromatic heterocycles. The number of unbranched alkanes of at least 4 members (excludes halogenated alkanes) is 1. The van der Waals surface area contributed by atoms with Crippen LogP contribution in [0.5, 0.6) is 0 Å². The number of quaternary nitrogens is 1. The maximum Gasteiger partial charge on any atom is 0.317 e. The molecule has 0 atom stereocenters. The van der Waals surface area contributed by atoms with Crippen LogP contribution in [-0.2, 0) is 4.79 Å². The fourth-order valence-corrected chi connectivity index (χ4v) is 3.16. The Morgan fingerprint density at radius 1 is 1.30 bits per heavy atom. The summed E-state index contributed by atoms with van der Waals surface area (Å²) in [6.45, 7) is 6.22. The number of aldehydes is 1. The van der Waals surface area contributed by atoms with Gasteiger partial charge in [-0.2, -0.15) is 0 Å². The Hall–Kier alpha value is -1.95. The van der Waals surface area contributed by atoms with Gasteiger partial charge in [-0.25, -0.2) is 9.18 Å². The minimum atomic E-state index is -0.249. The van der Waals surface area contributed by atoms with E-state index in [1.165, 1.54) is 12.1 Å². The van der Waals surface area contributed by atoms with Gasteiger partial charge < -0.3 is 15.0 Å². The van der Waals surface area contributed by atoms with Crippen LogP contribution in [-0.4, -0.2) is 56.5 Å². The smallest absolute Gasteiger partial charge is 0.317 e. The second-order valence-corrected chi connectivity index (χ2v) is 5.92. The van der Waals surface area contributed by atoms with Crippen molar-refractivity contribution in [1.82, 2.24) is 14.7 Å². The molecule has 1 saturated heterocycles. The van der Waals surface area contributed by atoms with Gasteiger partial charge in [0.1, 0.15) is 30.9 Å². The zero-order valence-electron chi connectivity index (χ0n) is 13.6. The molecule has 0 saturated carbocycles. The molecule has 0 unspecified atom stereocenters. The van der Waals surface area contributed by atoms with Gasteiger partial charge in [-0.1, -0.05) is 0 Å². The molecule has 2 rings (SSSR count). The molecular weight excluding hydrogens is 297 g/mol. The van der Waals surface area contributed by atoms with Crippen LogP contribution >= 0.6 is 0 Å². The van der Waals surface area contributed by atoms with Crippen LogP contribution in [0.25, 0.3) is 0 Å². The topological polar surface area (TPSA) is 49.4 Å². The first-order chi connectivity index (χ1) is 11.1. The molecule has 126 valence electrons. The van der Waals surface area contributed by atoms with Crippen molar-refractivity contribution in [2.75, 3.05) is 39.3 Å². The first-order valence-electron chi connectivity index (χ1n) is 8.20. The van der Waals surface area contributed by atoms with Gasteiger partial charge in [0.25, 0.3) is 0 Å². The van der Waals surface area contributed by atoms with E-state index < -0.39 is 0 Å². The fraction of sp³-hybridized carbons (Fsp3) is 0.529. The number of amides is 2. The average molecular weight is 322 g/mol. The van der Waals surface area contributed by atoms with E-state index in [1.807, 2.05) is 24.0 Å². The van der Waals surface area contributed by atoms with Crippen molar-refractivity contribution < 1.29 is 14.0 Å². The van der Waals surface area contributed by atoms with Gasteiger partial charge >= 0.3 is 6.03 Å². The molecular formula is C17H25FN3O2+. The third-order valence-corrected chi connectivity index (χ3v) is 4.49. The van der Waals surface area contributed by atoms with Crippen molar-refractivity contribution in [2.45, 2.75) is 19.8 Å². The summed E-state index contributed by atoms with van der Waals surface area (Å²) in [7, 11) is 0. The lowest BCUT2D eigenvalue weighted by atomic mass is 10.1. The number of halogens is 1. The summed E-state index contributed by atoms with van der Waals surface area (Å²) >= 11 is 0. The molecule has 1 N–H and O–H groups in total. The number of carbonyl (C=O) groups is 2. The molecule has 0 aliphatic carbocycles. The van der Waals surface area contributed by atoms with Crippen LogP contribution in [0, 0.1) is 5.82 Å². The Labute approximate surface area is 136 Å². The molecule has 0 bridgehead atoms. The number of hydrogen-bond acceptors (Lipinski definition) is 2. The number of hydrogen-bond donors (Lipinski definition) is 1. The van der Waals surface area contributed by atoms with Crippen molar-refractivity contribution in [1.29, 1.82) is 0 Å². The molecule has 1 aromatic rings. The van der Waals surface area contributed by atoms with E-state index in [4.69, 9.17) is 0 Å². The van der Waals surface area contributed by atoms with Crippen LogP contribution in [0.15, 0.2) is 24.3 Å². The number of benzene rings is 1. The molecule has 6 heteroatoms. The Kier molecular flexibility index (Phi) is 6.10. The second kappa shape index (κ2) is 8.06. The number of nitrogens with one attached hydrogen (secondary N) is 1. The Morgan fingerprint density at radius 2 is 1.96 bits per heavy atom. The second-order valence-electron chi connectivity index (χ2n) is 5.92. The number of piperazine rings is 1. The third-order valence-electron chi connectivity index (χ3n) is 4.49. The monoisotopic (exact) mass is 322 g/mol. The normalized spacial score (nSPS) is 16.9. The minimum absolute atomic E-state index is 0.0303. The van der Waals surface area contributed by atoms with E-state index in [-0.39, 0.29) is 11.8 Å². The predicted octanol–water partition coefficient (Wildman–Crippen LogP) is 2.16. The van der Waals surface area contributed by atoms with Crippen LogP contribution in [0.3, 0.4) is 0 Å². The highest BCUT2D eigenvalue weighted by atomic mass is 19.1. The molecule has 1 fully saturated rings. The largest absolute Gasteiger partial charge is 0.338 e.